The van der Waals surface area contributed by atoms with Crippen LogP contribution in [0.1, 0.15) is 46.1 Å². The molecule has 15 heteroatoms. The predicted octanol–water partition coefficient (Wildman–Crippen LogP) is 4.63. The summed E-state index contributed by atoms with van der Waals surface area (Å²) in [6, 6.07) is 3.99. The summed E-state index contributed by atoms with van der Waals surface area (Å²) in [6.45, 7) is -0.583. The molecule has 1 spiro atoms. The van der Waals surface area contributed by atoms with E-state index in [1.807, 2.05) is 0 Å². The molecule has 1 saturated carbocycles. The summed E-state index contributed by atoms with van der Waals surface area (Å²) in [5.74, 6) is -7.40. The molecular weight excluding hydrogens is 518 g/mol. The van der Waals surface area contributed by atoms with Crippen molar-refractivity contribution in [1.82, 2.24) is 4.98 Å². The van der Waals surface area contributed by atoms with Crippen LogP contribution in [0.3, 0.4) is 0 Å². The molecule has 0 radical (unpaired) electrons. The van der Waals surface area contributed by atoms with Crippen LogP contribution in [0, 0.1) is 10.1 Å². The molecule has 37 heavy (non-hydrogen) atoms. The molecule has 9 nitrogen and oxygen atoms in total. The van der Waals surface area contributed by atoms with Gasteiger partial charge in [-0.3, -0.25) is 10.1 Å². The van der Waals surface area contributed by atoms with Crippen molar-refractivity contribution in [2.75, 3.05) is 13.2 Å². The molecule has 1 aromatic heterocycles. The summed E-state index contributed by atoms with van der Waals surface area (Å²) >= 11 is 0. The van der Waals surface area contributed by atoms with Crippen LogP contribution in [-0.2, 0) is 26.2 Å². The number of ether oxygens (including phenoxy) is 4. The molecule has 1 aromatic carbocycles. The van der Waals surface area contributed by atoms with Crippen molar-refractivity contribution in [3.8, 4) is 5.75 Å². The van der Waals surface area contributed by atoms with E-state index in [0.717, 1.165) is 24.3 Å². The SMILES string of the molecule is O=C(O[C@H]1c2c(OC3CC(F)(F)C3)cnc(C(F)(F)F)c2C2(OCCO2)[C@@H]1F)c1ccc([N+](=O)[O-])cc1. The third-order valence-corrected chi connectivity index (χ3v) is 6.22. The van der Waals surface area contributed by atoms with Gasteiger partial charge >= 0.3 is 12.1 Å². The van der Waals surface area contributed by atoms with Crippen molar-refractivity contribution < 1.29 is 55.0 Å². The lowest BCUT2D eigenvalue weighted by molar-refractivity contribution is -0.384. The Morgan fingerprint density at radius 1 is 1.14 bits per heavy atom. The fraction of sp³-hybridized carbons (Fsp3) is 0.455. The number of hydrogen-bond acceptors (Lipinski definition) is 8. The fourth-order valence-corrected chi connectivity index (χ4v) is 4.56. The van der Waals surface area contributed by atoms with Crippen LogP contribution < -0.4 is 4.74 Å². The molecule has 5 rings (SSSR count). The third kappa shape index (κ3) is 4.25. The number of carbonyl (C=O) groups is 1. The molecule has 198 valence electrons. The van der Waals surface area contributed by atoms with Gasteiger partial charge < -0.3 is 18.9 Å². The van der Waals surface area contributed by atoms with Gasteiger partial charge in [-0.25, -0.2) is 22.9 Å². The summed E-state index contributed by atoms with van der Waals surface area (Å²) in [7, 11) is 0. The van der Waals surface area contributed by atoms with Gasteiger partial charge in [-0.2, -0.15) is 13.2 Å². The summed E-state index contributed by atoms with van der Waals surface area (Å²) in [4.78, 5) is 26.3. The second-order valence-electron chi connectivity index (χ2n) is 8.66. The highest BCUT2D eigenvalue weighted by Gasteiger charge is 2.64. The predicted molar refractivity (Wildman–Crippen MR) is 108 cm³/mol. The first kappa shape index (κ1) is 25.2. The van der Waals surface area contributed by atoms with Gasteiger partial charge in [0, 0.05) is 25.0 Å². The zero-order chi connectivity index (χ0) is 26.8. The highest BCUT2D eigenvalue weighted by Crippen LogP contribution is 2.58. The average Bonchev–Trinajstić information content (AvgIpc) is 3.38. The molecule has 0 N–H and O–H groups in total. The van der Waals surface area contributed by atoms with Gasteiger partial charge in [0.2, 0.25) is 5.79 Å². The summed E-state index contributed by atoms with van der Waals surface area (Å²) in [6.07, 6.45) is -11.7. The number of nitrogens with zero attached hydrogens (tertiary/aromatic N) is 2. The topological polar surface area (TPSA) is 110 Å². The molecule has 2 aromatic rings. The van der Waals surface area contributed by atoms with Crippen molar-refractivity contribution in [2.24, 2.45) is 0 Å². The van der Waals surface area contributed by atoms with Crippen molar-refractivity contribution in [2.45, 2.75) is 49.1 Å². The maximum atomic E-state index is 15.9. The van der Waals surface area contributed by atoms with Crippen molar-refractivity contribution in [3.63, 3.8) is 0 Å². The first-order chi connectivity index (χ1) is 17.3. The lowest BCUT2D eigenvalue weighted by Gasteiger charge is -2.35. The minimum atomic E-state index is -5.12. The number of fused-ring (bicyclic) bond motifs is 2. The normalized spacial score (nSPS) is 23.9. The van der Waals surface area contributed by atoms with Crippen molar-refractivity contribution in [1.29, 1.82) is 0 Å². The number of pyridine rings is 1. The first-order valence-electron chi connectivity index (χ1n) is 10.8. The van der Waals surface area contributed by atoms with E-state index >= 15 is 4.39 Å². The van der Waals surface area contributed by atoms with E-state index < -0.39 is 82.6 Å². The van der Waals surface area contributed by atoms with Gasteiger partial charge in [-0.1, -0.05) is 0 Å². The molecule has 2 fully saturated rings. The second kappa shape index (κ2) is 8.55. The van der Waals surface area contributed by atoms with Gasteiger partial charge in [-0.15, -0.1) is 0 Å². The number of rotatable bonds is 5. The average molecular weight is 534 g/mol. The lowest BCUT2D eigenvalue weighted by atomic mass is 9.91. The molecule has 2 aliphatic carbocycles. The molecule has 0 bridgehead atoms. The Morgan fingerprint density at radius 3 is 2.30 bits per heavy atom. The Morgan fingerprint density at radius 2 is 1.76 bits per heavy atom. The van der Waals surface area contributed by atoms with Crippen LogP contribution in [0.5, 0.6) is 5.75 Å². The smallest absolute Gasteiger partial charge is 0.433 e. The Bertz CT molecular complexity index is 1240. The molecule has 1 aliphatic heterocycles. The minimum absolute atomic E-state index is 0.264. The molecule has 3 aliphatic rings. The van der Waals surface area contributed by atoms with Crippen LogP contribution in [-0.4, -0.2) is 47.3 Å². The van der Waals surface area contributed by atoms with E-state index in [1.165, 1.54) is 0 Å². The van der Waals surface area contributed by atoms with E-state index in [1.54, 1.807) is 0 Å². The molecule has 0 amide bonds. The van der Waals surface area contributed by atoms with Crippen molar-refractivity contribution >= 4 is 11.7 Å². The summed E-state index contributed by atoms with van der Waals surface area (Å²) in [5.41, 5.74) is -3.71. The Kier molecular flexibility index (Phi) is 5.82. The number of esters is 1. The number of nitro groups is 1. The van der Waals surface area contributed by atoms with Crippen LogP contribution in [0.2, 0.25) is 0 Å². The number of nitro benzene ring substituents is 1. The van der Waals surface area contributed by atoms with Crippen LogP contribution >= 0.6 is 0 Å². The molecule has 1 saturated heterocycles. The lowest BCUT2D eigenvalue weighted by Crippen LogP contribution is -2.43. The zero-order valence-electron chi connectivity index (χ0n) is 18.5. The molecule has 2 atom stereocenters. The van der Waals surface area contributed by atoms with Gasteiger partial charge in [-0.05, 0) is 12.1 Å². The summed E-state index contributed by atoms with van der Waals surface area (Å²) < 4.78 is 106. The largest absolute Gasteiger partial charge is 0.488 e. The number of carbonyl (C=O) groups excluding carboxylic acids is 1. The standard InChI is InChI=1S/C22H16F6N2O7/c23-17-16(37-19(31)10-1-3-11(4-2-10)30(32)33)14-13(36-12-7-20(24,25)8-12)9-29-18(22(26,27)28)15(14)21(17)34-5-6-35-21/h1-4,9,12,16-17H,5-8H2/t16-,17+/m0/s1. The first-order valence-corrected chi connectivity index (χ1v) is 10.8. The highest BCUT2D eigenvalue weighted by atomic mass is 19.4. The second-order valence-corrected chi connectivity index (χ2v) is 8.66. The number of halogens is 6. The van der Waals surface area contributed by atoms with E-state index in [-0.39, 0.29) is 24.5 Å². The number of alkyl halides is 6. The zero-order valence-corrected chi connectivity index (χ0v) is 18.5. The number of aromatic nitrogens is 1. The van der Waals surface area contributed by atoms with Gasteiger partial charge in [0.25, 0.3) is 11.6 Å². The fourth-order valence-electron chi connectivity index (χ4n) is 4.56. The Hall–Kier alpha value is -3.46. The minimum Gasteiger partial charge on any atom is -0.488 e. The van der Waals surface area contributed by atoms with Gasteiger partial charge in [0.05, 0.1) is 41.0 Å². The maximum Gasteiger partial charge on any atom is 0.433 e. The van der Waals surface area contributed by atoms with Crippen LogP contribution in [0.15, 0.2) is 30.5 Å². The van der Waals surface area contributed by atoms with Gasteiger partial charge in [0.1, 0.15) is 11.9 Å². The monoisotopic (exact) mass is 534 g/mol. The van der Waals surface area contributed by atoms with E-state index in [9.17, 15) is 36.9 Å². The highest BCUT2D eigenvalue weighted by molar-refractivity contribution is 5.90. The maximum absolute atomic E-state index is 15.9. The van der Waals surface area contributed by atoms with Gasteiger partial charge in [0.15, 0.2) is 18.0 Å². The Balaban J connectivity index is 1.58. The van der Waals surface area contributed by atoms with E-state index in [0.29, 0.717) is 6.20 Å². The number of hydrogen-bond donors (Lipinski definition) is 0. The van der Waals surface area contributed by atoms with Crippen LogP contribution in [0.4, 0.5) is 32.0 Å². The quantitative estimate of drug-likeness (QED) is 0.236. The molecular formula is C22H16F6N2O7. The van der Waals surface area contributed by atoms with Crippen LogP contribution in [0.25, 0.3) is 0 Å². The third-order valence-electron chi connectivity index (χ3n) is 6.22. The molecule has 0 unspecified atom stereocenters. The number of benzene rings is 1. The number of non-ortho nitro benzene ring substituents is 1. The van der Waals surface area contributed by atoms with E-state index in [2.05, 4.69) is 4.98 Å². The Labute approximate surface area is 203 Å². The summed E-state index contributed by atoms with van der Waals surface area (Å²) in [5, 5.41) is 10.8. The van der Waals surface area contributed by atoms with E-state index in [4.69, 9.17) is 18.9 Å². The van der Waals surface area contributed by atoms with Crippen molar-refractivity contribution in [3.05, 3.63) is 63.0 Å². The molecule has 2 heterocycles.